The third-order valence-electron chi connectivity index (χ3n) is 4.75. The zero-order valence-electron chi connectivity index (χ0n) is 16.8. The van der Waals surface area contributed by atoms with Gasteiger partial charge in [-0.15, -0.1) is 0 Å². The minimum atomic E-state index is -0.268. The fourth-order valence-electron chi connectivity index (χ4n) is 3.06. The van der Waals surface area contributed by atoms with Crippen molar-refractivity contribution in [2.45, 2.75) is 25.5 Å². The third-order valence-corrected chi connectivity index (χ3v) is 4.75. The smallest absolute Gasteiger partial charge is 0.322 e. The Balaban J connectivity index is 1.53. The Morgan fingerprint density at radius 2 is 2.23 bits per heavy atom. The average molecular weight is 420 g/mol. The molecule has 0 atom stereocenters. The Hall–Kier alpha value is -4.15. The molecule has 0 amide bonds. The minimum absolute atomic E-state index is 0.171. The number of hydrogen-bond donors (Lipinski definition) is 3. The third kappa shape index (κ3) is 3.97. The summed E-state index contributed by atoms with van der Waals surface area (Å²) < 4.78 is 12.6. The summed E-state index contributed by atoms with van der Waals surface area (Å²) in [6.45, 7) is 3.88. The van der Waals surface area contributed by atoms with Gasteiger partial charge in [0.15, 0.2) is 5.65 Å². The maximum Gasteiger partial charge on any atom is 0.322 e. The summed E-state index contributed by atoms with van der Waals surface area (Å²) in [4.78, 5) is 30.8. The van der Waals surface area contributed by atoms with Crippen molar-refractivity contribution in [3.05, 3.63) is 57.0 Å². The Kier molecular flexibility index (Phi) is 4.62. The van der Waals surface area contributed by atoms with Crippen LogP contribution in [-0.2, 0) is 6.61 Å². The lowest BCUT2D eigenvalue weighted by Crippen LogP contribution is -2.22. The van der Waals surface area contributed by atoms with Gasteiger partial charge < -0.3 is 24.8 Å². The maximum atomic E-state index is 12.0. The predicted octanol–water partition coefficient (Wildman–Crippen LogP) is -0.0633. The standard InChI is InChI=1S/C20H20N8O3/c1-11-23-16(18(29)24-11)7-12-9-22-28-17(12)26-20(27-19(28)25-13-3-4-13)31-10-14-8-15(30-2)5-6-21-14/h5-9,13,23H,1,3-4,10H2,2H3,(H,24,29)(H,25,26,27)/b16-7-. The van der Waals surface area contributed by atoms with E-state index in [0.29, 0.717) is 45.5 Å². The van der Waals surface area contributed by atoms with Crippen LogP contribution in [0.5, 0.6) is 11.8 Å². The largest absolute Gasteiger partial charge is 0.497 e. The average Bonchev–Trinajstić information content (AvgIpc) is 3.41. The summed E-state index contributed by atoms with van der Waals surface area (Å²) in [7, 11) is 1.59. The molecule has 158 valence electrons. The molecule has 0 radical (unpaired) electrons. The molecule has 11 heteroatoms. The molecule has 1 fully saturated rings. The number of pyridine rings is 1. The van der Waals surface area contributed by atoms with Crippen LogP contribution in [0.4, 0.5) is 5.95 Å². The fraction of sp³-hybridized carbons (Fsp3) is 0.250. The maximum absolute atomic E-state index is 12.0. The monoisotopic (exact) mass is 420 g/mol. The molecule has 1 aliphatic rings. The van der Waals surface area contributed by atoms with E-state index in [2.05, 4.69) is 41.9 Å². The van der Waals surface area contributed by atoms with Gasteiger partial charge in [0.25, 0.3) is 5.56 Å². The van der Waals surface area contributed by atoms with E-state index in [0.717, 1.165) is 12.8 Å². The first-order valence-electron chi connectivity index (χ1n) is 9.72. The van der Waals surface area contributed by atoms with Crippen molar-refractivity contribution in [1.29, 1.82) is 0 Å². The van der Waals surface area contributed by atoms with Crippen molar-refractivity contribution in [2.24, 2.45) is 0 Å². The molecule has 0 aliphatic heterocycles. The van der Waals surface area contributed by atoms with E-state index in [-0.39, 0.29) is 18.2 Å². The number of aromatic amines is 2. The molecule has 0 bridgehead atoms. The number of H-pyrrole nitrogens is 2. The van der Waals surface area contributed by atoms with Crippen LogP contribution in [0, 0.1) is 0 Å². The first kappa shape index (κ1) is 18.9. The van der Waals surface area contributed by atoms with Crippen LogP contribution in [0.3, 0.4) is 0 Å². The van der Waals surface area contributed by atoms with Gasteiger partial charge in [-0.1, -0.05) is 6.58 Å². The molecule has 3 N–H and O–H groups in total. The zero-order valence-corrected chi connectivity index (χ0v) is 16.8. The van der Waals surface area contributed by atoms with Gasteiger partial charge in [-0.25, -0.2) is 0 Å². The Labute approximate surface area is 175 Å². The summed E-state index contributed by atoms with van der Waals surface area (Å²) in [6, 6.07) is 4.07. The number of ether oxygens (including phenoxy) is 2. The van der Waals surface area contributed by atoms with Crippen LogP contribution in [-0.4, -0.2) is 47.7 Å². The van der Waals surface area contributed by atoms with E-state index < -0.39 is 0 Å². The van der Waals surface area contributed by atoms with Crippen LogP contribution < -0.4 is 31.2 Å². The van der Waals surface area contributed by atoms with Gasteiger partial charge in [-0.2, -0.15) is 19.6 Å². The number of rotatable bonds is 7. The van der Waals surface area contributed by atoms with E-state index in [1.807, 2.05) is 0 Å². The Bertz CT molecular complexity index is 1420. The van der Waals surface area contributed by atoms with Gasteiger partial charge >= 0.3 is 6.01 Å². The highest BCUT2D eigenvalue weighted by Crippen LogP contribution is 2.25. The van der Waals surface area contributed by atoms with Gasteiger partial charge in [-0.3, -0.25) is 9.78 Å². The number of anilines is 1. The lowest BCUT2D eigenvalue weighted by molar-refractivity contribution is 0.275. The minimum Gasteiger partial charge on any atom is -0.497 e. The number of nitrogens with one attached hydrogen (secondary N) is 3. The lowest BCUT2D eigenvalue weighted by Gasteiger charge is -2.10. The van der Waals surface area contributed by atoms with Gasteiger partial charge in [-0.05, 0) is 25.0 Å². The second kappa shape index (κ2) is 7.59. The van der Waals surface area contributed by atoms with Crippen molar-refractivity contribution >= 4 is 24.3 Å². The molecule has 4 heterocycles. The Morgan fingerprint density at radius 3 is 2.97 bits per heavy atom. The molecular formula is C20H20N8O3. The number of imidazole rings is 1. The van der Waals surface area contributed by atoms with E-state index in [1.165, 1.54) is 0 Å². The van der Waals surface area contributed by atoms with Gasteiger partial charge in [0, 0.05) is 23.9 Å². The van der Waals surface area contributed by atoms with Crippen molar-refractivity contribution in [3.8, 4) is 11.8 Å². The lowest BCUT2D eigenvalue weighted by atomic mass is 10.3. The van der Waals surface area contributed by atoms with Crippen LogP contribution in [0.1, 0.15) is 24.1 Å². The van der Waals surface area contributed by atoms with Crippen LogP contribution >= 0.6 is 0 Å². The van der Waals surface area contributed by atoms with Crippen LogP contribution in [0.25, 0.3) is 18.3 Å². The van der Waals surface area contributed by atoms with E-state index in [1.54, 1.807) is 42.2 Å². The van der Waals surface area contributed by atoms with E-state index in [9.17, 15) is 4.79 Å². The van der Waals surface area contributed by atoms with Gasteiger partial charge in [0.1, 0.15) is 23.2 Å². The molecular weight excluding hydrogens is 400 g/mol. The second-order valence-electron chi connectivity index (χ2n) is 7.18. The molecule has 31 heavy (non-hydrogen) atoms. The SMILES string of the molecule is C=c1[nH]c(=O)/c(=C/c2cnn3c(NC4CC4)nc(OCc4cc(OC)ccn4)nc23)[nH]1. The molecule has 0 unspecified atom stereocenters. The number of nitrogens with zero attached hydrogens (tertiary/aromatic N) is 5. The molecule has 0 saturated heterocycles. The predicted molar refractivity (Wildman–Crippen MR) is 112 cm³/mol. The molecule has 4 aromatic heterocycles. The summed E-state index contributed by atoms with van der Waals surface area (Å²) in [6.07, 6.45) is 7.08. The molecule has 11 nitrogen and oxygen atoms in total. The van der Waals surface area contributed by atoms with E-state index >= 15 is 0 Å². The fourth-order valence-corrected chi connectivity index (χ4v) is 3.06. The summed E-state index contributed by atoms with van der Waals surface area (Å²) in [5, 5.41) is 8.09. The second-order valence-corrected chi connectivity index (χ2v) is 7.18. The number of methoxy groups -OCH3 is 1. The highest BCUT2D eigenvalue weighted by Gasteiger charge is 2.24. The normalized spacial score (nSPS) is 14.2. The highest BCUT2D eigenvalue weighted by atomic mass is 16.5. The quantitative estimate of drug-likeness (QED) is 0.378. The topological polar surface area (TPSA) is 135 Å². The first-order chi connectivity index (χ1) is 15.1. The molecule has 5 rings (SSSR count). The number of fused-ring (bicyclic) bond motifs is 1. The number of hydrogen-bond acceptors (Lipinski definition) is 8. The summed E-state index contributed by atoms with van der Waals surface area (Å²) >= 11 is 0. The van der Waals surface area contributed by atoms with Crippen molar-refractivity contribution < 1.29 is 9.47 Å². The molecule has 0 spiro atoms. The highest BCUT2D eigenvalue weighted by molar-refractivity contribution is 5.66. The van der Waals surface area contributed by atoms with Crippen molar-refractivity contribution in [1.82, 2.24) is 34.5 Å². The molecule has 4 aromatic rings. The molecule has 0 aromatic carbocycles. The van der Waals surface area contributed by atoms with E-state index in [4.69, 9.17) is 9.47 Å². The Morgan fingerprint density at radius 1 is 1.35 bits per heavy atom. The molecule has 1 aliphatic carbocycles. The van der Waals surface area contributed by atoms with Crippen molar-refractivity contribution in [2.75, 3.05) is 12.4 Å². The first-order valence-corrected chi connectivity index (χ1v) is 9.72. The summed E-state index contributed by atoms with van der Waals surface area (Å²) in [5.41, 5.74) is 1.98. The van der Waals surface area contributed by atoms with Crippen LogP contribution in [0.15, 0.2) is 29.3 Å². The van der Waals surface area contributed by atoms with Crippen LogP contribution in [0.2, 0.25) is 0 Å². The molecule has 1 saturated carbocycles. The number of aromatic nitrogens is 7. The van der Waals surface area contributed by atoms with Gasteiger partial charge in [0.2, 0.25) is 5.95 Å². The summed E-state index contributed by atoms with van der Waals surface area (Å²) in [5.74, 6) is 1.22. The van der Waals surface area contributed by atoms with Crippen molar-refractivity contribution in [3.63, 3.8) is 0 Å². The van der Waals surface area contributed by atoms with Gasteiger partial charge in [0.05, 0.1) is 19.0 Å². The zero-order chi connectivity index (χ0) is 21.4.